The predicted octanol–water partition coefficient (Wildman–Crippen LogP) is 4.71. The molecule has 0 aromatic heterocycles. The van der Waals surface area contributed by atoms with Gasteiger partial charge in [0.2, 0.25) is 0 Å². The maximum atomic E-state index is 14.5. The van der Waals surface area contributed by atoms with Gasteiger partial charge in [0.25, 0.3) is 5.91 Å². The number of halogens is 1. The van der Waals surface area contributed by atoms with Gasteiger partial charge in [-0.3, -0.25) is 4.79 Å². The molecule has 0 unspecified atom stereocenters. The lowest BCUT2D eigenvalue weighted by molar-refractivity contribution is 0.102. The lowest BCUT2D eigenvalue weighted by atomic mass is 10.2. The minimum absolute atomic E-state index is 0.310. The molecule has 3 aromatic rings. The third kappa shape index (κ3) is 4.73. The second-order valence-corrected chi connectivity index (χ2v) is 6.66. The van der Waals surface area contributed by atoms with Gasteiger partial charge in [-0.2, -0.15) is 0 Å². The highest BCUT2D eigenvalue weighted by Crippen LogP contribution is 2.25. The van der Waals surface area contributed by atoms with Gasteiger partial charge < -0.3 is 19.7 Å². The fourth-order valence-corrected chi connectivity index (χ4v) is 3.15. The molecule has 3 aromatic carbocycles. The summed E-state index contributed by atoms with van der Waals surface area (Å²) >= 11 is 0. The Morgan fingerprint density at radius 2 is 1.62 bits per heavy atom. The lowest BCUT2D eigenvalue weighted by Crippen LogP contribution is -2.36. The molecule has 0 spiro atoms. The number of amides is 1. The standard InChI is InChI=1S/C23H21FN2O3/c24-21-16-18(8-11-22(21)26-12-14-28-15-13-26)25-23(27)17-6-9-20(10-7-17)29-19-4-2-1-3-5-19/h1-11,16H,12-15H2,(H,25,27). The van der Waals surface area contributed by atoms with Gasteiger partial charge in [-0.15, -0.1) is 0 Å². The van der Waals surface area contributed by atoms with E-state index in [0.29, 0.717) is 49.0 Å². The Morgan fingerprint density at radius 3 is 2.31 bits per heavy atom. The van der Waals surface area contributed by atoms with Crippen molar-refractivity contribution in [2.24, 2.45) is 0 Å². The molecule has 4 rings (SSSR count). The number of rotatable bonds is 5. The molecule has 5 nitrogen and oxygen atoms in total. The SMILES string of the molecule is O=C(Nc1ccc(N2CCOCC2)c(F)c1)c1ccc(Oc2ccccc2)cc1. The van der Waals surface area contributed by atoms with Gasteiger partial charge in [0.1, 0.15) is 17.3 Å². The molecule has 1 heterocycles. The molecule has 0 atom stereocenters. The van der Waals surface area contributed by atoms with E-state index in [2.05, 4.69) is 5.32 Å². The van der Waals surface area contributed by atoms with Gasteiger partial charge >= 0.3 is 0 Å². The molecule has 1 aliphatic rings. The minimum Gasteiger partial charge on any atom is -0.457 e. The van der Waals surface area contributed by atoms with Crippen LogP contribution in [0.3, 0.4) is 0 Å². The van der Waals surface area contributed by atoms with E-state index in [1.54, 1.807) is 36.4 Å². The third-order valence-electron chi connectivity index (χ3n) is 4.65. The molecule has 1 aliphatic heterocycles. The van der Waals surface area contributed by atoms with Crippen molar-refractivity contribution in [1.82, 2.24) is 0 Å². The van der Waals surface area contributed by atoms with Crippen LogP contribution in [0.25, 0.3) is 0 Å². The Morgan fingerprint density at radius 1 is 0.931 bits per heavy atom. The highest BCUT2D eigenvalue weighted by molar-refractivity contribution is 6.04. The van der Waals surface area contributed by atoms with Crippen LogP contribution in [-0.4, -0.2) is 32.2 Å². The quantitative estimate of drug-likeness (QED) is 0.683. The summed E-state index contributed by atoms with van der Waals surface area (Å²) in [5.74, 6) is 0.681. The van der Waals surface area contributed by atoms with Gasteiger partial charge in [0.15, 0.2) is 0 Å². The molecule has 1 fully saturated rings. The van der Waals surface area contributed by atoms with E-state index in [1.807, 2.05) is 35.2 Å². The zero-order chi connectivity index (χ0) is 20.1. The van der Waals surface area contributed by atoms with Gasteiger partial charge in [-0.05, 0) is 54.6 Å². The number of para-hydroxylation sites is 1. The number of ether oxygens (including phenoxy) is 2. The molecule has 0 bridgehead atoms. The van der Waals surface area contributed by atoms with Gasteiger partial charge in [-0.25, -0.2) is 4.39 Å². The number of benzene rings is 3. The maximum Gasteiger partial charge on any atom is 0.255 e. The first-order valence-electron chi connectivity index (χ1n) is 9.45. The maximum absolute atomic E-state index is 14.5. The van der Waals surface area contributed by atoms with E-state index in [-0.39, 0.29) is 11.7 Å². The number of morpholine rings is 1. The number of nitrogens with zero attached hydrogens (tertiary/aromatic N) is 1. The van der Waals surface area contributed by atoms with Crippen molar-refractivity contribution in [2.75, 3.05) is 36.5 Å². The Kier molecular flexibility index (Phi) is 5.72. The Balaban J connectivity index is 1.40. The fraction of sp³-hybridized carbons (Fsp3) is 0.174. The van der Waals surface area contributed by atoms with Crippen LogP contribution in [0.2, 0.25) is 0 Å². The second-order valence-electron chi connectivity index (χ2n) is 6.66. The van der Waals surface area contributed by atoms with Crippen molar-refractivity contribution in [1.29, 1.82) is 0 Å². The number of hydrogen-bond donors (Lipinski definition) is 1. The first kappa shape index (κ1) is 19.0. The molecule has 0 radical (unpaired) electrons. The molecular formula is C23H21FN2O3. The van der Waals surface area contributed by atoms with E-state index in [9.17, 15) is 9.18 Å². The minimum atomic E-state index is -0.365. The number of carbonyl (C=O) groups is 1. The highest BCUT2D eigenvalue weighted by Gasteiger charge is 2.16. The number of nitrogens with one attached hydrogen (secondary N) is 1. The van der Waals surface area contributed by atoms with Crippen LogP contribution >= 0.6 is 0 Å². The third-order valence-corrected chi connectivity index (χ3v) is 4.65. The highest BCUT2D eigenvalue weighted by atomic mass is 19.1. The summed E-state index contributed by atoms with van der Waals surface area (Å²) in [7, 11) is 0. The lowest BCUT2D eigenvalue weighted by Gasteiger charge is -2.29. The van der Waals surface area contributed by atoms with Crippen LogP contribution < -0.4 is 15.0 Å². The molecule has 1 saturated heterocycles. The summed E-state index contributed by atoms with van der Waals surface area (Å²) in [6.07, 6.45) is 0. The Bertz CT molecular complexity index is 971. The molecule has 148 valence electrons. The van der Waals surface area contributed by atoms with E-state index in [1.165, 1.54) is 6.07 Å². The number of hydrogen-bond acceptors (Lipinski definition) is 4. The van der Waals surface area contributed by atoms with Crippen molar-refractivity contribution in [2.45, 2.75) is 0 Å². The summed E-state index contributed by atoms with van der Waals surface area (Å²) in [5.41, 5.74) is 1.39. The van der Waals surface area contributed by atoms with Crippen molar-refractivity contribution < 1.29 is 18.7 Å². The summed E-state index contributed by atoms with van der Waals surface area (Å²) < 4.78 is 25.5. The van der Waals surface area contributed by atoms with Crippen LogP contribution in [0.4, 0.5) is 15.8 Å². The largest absolute Gasteiger partial charge is 0.457 e. The van der Waals surface area contributed by atoms with Crippen LogP contribution in [-0.2, 0) is 4.74 Å². The topological polar surface area (TPSA) is 50.8 Å². The molecule has 1 amide bonds. The van der Waals surface area contributed by atoms with Crippen LogP contribution in [0.15, 0.2) is 72.8 Å². The first-order chi connectivity index (χ1) is 14.2. The fourth-order valence-electron chi connectivity index (χ4n) is 3.15. The molecule has 1 N–H and O–H groups in total. The van der Waals surface area contributed by atoms with Crippen LogP contribution in [0, 0.1) is 5.82 Å². The molecular weight excluding hydrogens is 371 g/mol. The predicted molar refractivity (Wildman–Crippen MR) is 110 cm³/mol. The summed E-state index contributed by atoms with van der Waals surface area (Å²) in [4.78, 5) is 14.4. The van der Waals surface area contributed by atoms with Crippen LogP contribution in [0.1, 0.15) is 10.4 Å². The molecule has 0 aliphatic carbocycles. The monoisotopic (exact) mass is 392 g/mol. The summed E-state index contributed by atoms with van der Waals surface area (Å²) in [5, 5.41) is 2.74. The van der Waals surface area contributed by atoms with E-state index in [4.69, 9.17) is 9.47 Å². The summed E-state index contributed by atoms with van der Waals surface area (Å²) in [6.45, 7) is 2.48. The van der Waals surface area contributed by atoms with Crippen LogP contribution in [0.5, 0.6) is 11.5 Å². The second kappa shape index (κ2) is 8.75. The van der Waals surface area contributed by atoms with Gasteiger partial charge in [0, 0.05) is 24.3 Å². The summed E-state index contributed by atoms with van der Waals surface area (Å²) in [6, 6.07) is 20.9. The van der Waals surface area contributed by atoms with Crippen molar-refractivity contribution in [3.05, 3.63) is 84.2 Å². The molecule has 0 saturated carbocycles. The zero-order valence-electron chi connectivity index (χ0n) is 15.8. The van der Waals surface area contributed by atoms with E-state index < -0.39 is 0 Å². The molecule has 29 heavy (non-hydrogen) atoms. The zero-order valence-corrected chi connectivity index (χ0v) is 15.8. The van der Waals surface area contributed by atoms with Crippen molar-refractivity contribution in [3.8, 4) is 11.5 Å². The van der Waals surface area contributed by atoms with E-state index >= 15 is 0 Å². The van der Waals surface area contributed by atoms with Crippen molar-refractivity contribution in [3.63, 3.8) is 0 Å². The number of anilines is 2. The first-order valence-corrected chi connectivity index (χ1v) is 9.45. The average molecular weight is 392 g/mol. The van der Waals surface area contributed by atoms with E-state index in [0.717, 1.165) is 5.75 Å². The number of carbonyl (C=O) groups excluding carboxylic acids is 1. The Hall–Kier alpha value is -3.38. The smallest absolute Gasteiger partial charge is 0.255 e. The molecule has 6 heteroatoms. The van der Waals surface area contributed by atoms with Gasteiger partial charge in [-0.1, -0.05) is 18.2 Å². The average Bonchev–Trinajstić information content (AvgIpc) is 2.76. The normalized spacial score (nSPS) is 13.8. The van der Waals surface area contributed by atoms with Gasteiger partial charge in [0.05, 0.1) is 18.9 Å². The van der Waals surface area contributed by atoms with Crippen molar-refractivity contribution >= 4 is 17.3 Å². The Labute approximate surface area is 168 Å².